The zero-order valence-corrected chi connectivity index (χ0v) is 9.30. The molecule has 2 aromatic rings. The summed E-state index contributed by atoms with van der Waals surface area (Å²) in [6.45, 7) is 1.68. The van der Waals surface area contributed by atoms with Gasteiger partial charge in [-0.25, -0.2) is 4.98 Å². The molecule has 0 bridgehead atoms. The van der Waals surface area contributed by atoms with E-state index in [-0.39, 0.29) is 11.2 Å². The van der Waals surface area contributed by atoms with Crippen LogP contribution in [0.1, 0.15) is 24.8 Å². The van der Waals surface area contributed by atoms with Crippen molar-refractivity contribution < 1.29 is 4.79 Å². The molecule has 0 unspecified atom stereocenters. The van der Waals surface area contributed by atoms with E-state index >= 15 is 0 Å². The molecule has 0 aliphatic heterocycles. The number of para-hydroxylation sites is 1. The number of carbonyl (C=O) groups is 1. The van der Waals surface area contributed by atoms with E-state index in [1.165, 1.54) is 4.70 Å². The summed E-state index contributed by atoms with van der Waals surface area (Å²) in [6, 6.07) is 8.06. The standard InChI is InChI=1S/C12H11NOS/c1-8(14)12(6-7-12)11-13-9-4-2-3-5-10(9)15-11/h2-5H,6-7H2,1H3. The SMILES string of the molecule is CC(=O)C1(c2nc3ccccc3s2)CC1. The molecule has 15 heavy (non-hydrogen) atoms. The first-order chi connectivity index (χ1) is 7.22. The number of rotatable bonds is 2. The van der Waals surface area contributed by atoms with Crippen molar-refractivity contribution in [1.29, 1.82) is 0 Å². The first-order valence-electron chi connectivity index (χ1n) is 5.09. The fourth-order valence-electron chi connectivity index (χ4n) is 1.92. The molecule has 0 spiro atoms. The monoisotopic (exact) mass is 217 g/mol. The number of nitrogens with zero attached hydrogens (tertiary/aromatic N) is 1. The van der Waals surface area contributed by atoms with Gasteiger partial charge in [0.25, 0.3) is 0 Å². The highest BCUT2D eigenvalue weighted by atomic mass is 32.1. The first-order valence-corrected chi connectivity index (χ1v) is 5.91. The zero-order valence-electron chi connectivity index (χ0n) is 8.49. The lowest BCUT2D eigenvalue weighted by molar-refractivity contribution is -0.119. The van der Waals surface area contributed by atoms with Gasteiger partial charge in [0, 0.05) is 0 Å². The number of hydrogen-bond acceptors (Lipinski definition) is 3. The quantitative estimate of drug-likeness (QED) is 0.774. The third kappa shape index (κ3) is 1.23. The molecule has 1 aromatic heterocycles. The summed E-state index contributed by atoms with van der Waals surface area (Å²) < 4.78 is 1.18. The molecule has 1 heterocycles. The Hall–Kier alpha value is -1.22. The Morgan fingerprint density at radius 3 is 2.73 bits per heavy atom. The van der Waals surface area contributed by atoms with Crippen LogP contribution in [0, 0.1) is 0 Å². The lowest BCUT2D eigenvalue weighted by Crippen LogP contribution is -2.16. The van der Waals surface area contributed by atoms with Crippen molar-refractivity contribution in [2.24, 2.45) is 0 Å². The summed E-state index contributed by atoms with van der Waals surface area (Å²) in [7, 11) is 0. The number of benzene rings is 1. The van der Waals surface area contributed by atoms with Gasteiger partial charge in [0.1, 0.15) is 10.8 Å². The van der Waals surface area contributed by atoms with Gasteiger partial charge in [0.05, 0.1) is 15.6 Å². The molecule has 1 aliphatic carbocycles. The number of thiazole rings is 1. The molecular weight excluding hydrogens is 206 g/mol. The number of fused-ring (bicyclic) bond motifs is 1. The van der Waals surface area contributed by atoms with E-state index in [2.05, 4.69) is 11.1 Å². The molecule has 76 valence electrons. The average Bonchev–Trinajstić information content (AvgIpc) is 2.93. The summed E-state index contributed by atoms with van der Waals surface area (Å²) in [4.78, 5) is 16.1. The van der Waals surface area contributed by atoms with Crippen molar-refractivity contribution in [3.05, 3.63) is 29.3 Å². The Balaban J connectivity index is 2.17. The van der Waals surface area contributed by atoms with Crippen molar-refractivity contribution >= 4 is 27.3 Å². The van der Waals surface area contributed by atoms with E-state index in [1.54, 1.807) is 18.3 Å². The fourth-order valence-corrected chi connectivity index (χ4v) is 3.18. The Kier molecular flexibility index (Phi) is 1.74. The minimum atomic E-state index is -0.219. The predicted molar refractivity (Wildman–Crippen MR) is 61.2 cm³/mol. The second kappa shape index (κ2) is 2.89. The second-order valence-corrected chi connectivity index (χ2v) is 5.16. The average molecular weight is 217 g/mol. The molecule has 0 amide bonds. The smallest absolute Gasteiger partial charge is 0.142 e. The van der Waals surface area contributed by atoms with Gasteiger partial charge in [0.15, 0.2) is 0 Å². The van der Waals surface area contributed by atoms with Gasteiger partial charge in [-0.2, -0.15) is 0 Å². The third-order valence-corrected chi connectivity index (χ3v) is 4.37. The molecule has 1 aliphatic rings. The van der Waals surface area contributed by atoms with Crippen molar-refractivity contribution in [3.63, 3.8) is 0 Å². The Bertz CT molecular complexity index is 506. The van der Waals surface area contributed by atoms with Gasteiger partial charge < -0.3 is 0 Å². The Labute approximate surface area is 92.0 Å². The molecule has 2 nitrogen and oxygen atoms in total. The normalized spacial score (nSPS) is 17.9. The minimum absolute atomic E-state index is 0.219. The molecule has 0 N–H and O–H groups in total. The second-order valence-electron chi connectivity index (χ2n) is 4.13. The molecule has 0 atom stereocenters. The van der Waals surface area contributed by atoms with E-state index in [9.17, 15) is 4.79 Å². The highest BCUT2D eigenvalue weighted by Crippen LogP contribution is 2.50. The van der Waals surface area contributed by atoms with E-state index in [1.807, 2.05) is 18.2 Å². The van der Waals surface area contributed by atoms with Crippen LogP contribution >= 0.6 is 11.3 Å². The number of Topliss-reactive ketones (excluding diaryl/α,β-unsaturated/α-hetero) is 1. The van der Waals surface area contributed by atoms with Crippen LogP contribution < -0.4 is 0 Å². The molecular formula is C12H11NOS. The van der Waals surface area contributed by atoms with Gasteiger partial charge in [-0.05, 0) is 31.9 Å². The van der Waals surface area contributed by atoms with E-state index in [0.29, 0.717) is 0 Å². The summed E-state index contributed by atoms with van der Waals surface area (Å²) in [5.41, 5.74) is 0.800. The van der Waals surface area contributed by atoms with Crippen LogP contribution in [0.4, 0.5) is 0 Å². The van der Waals surface area contributed by atoms with Crippen LogP contribution in [-0.4, -0.2) is 10.8 Å². The largest absolute Gasteiger partial charge is 0.299 e. The highest BCUT2D eigenvalue weighted by Gasteiger charge is 2.51. The maximum atomic E-state index is 11.6. The fraction of sp³-hybridized carbons (Fsp3) is 0.333. The predicted octanol–water partition coefficient (Wildman–Crippen LogP) is 2.92. The molecule has 1 aromatic carbocycles. The minimum Gasteiger partial charge on any atom is -0.299 e. The molecule has 1 saturated carbocycles. The number of carbonyl (C=O) groups excluding carboxylic acids is 1. The molecule has 0 radical (unpaired) electrons. The number of hydrogen-bond donors (Lipinski definition) is 0. The maximum absolute atomic E-state index is 11.6. The van der Waals surface area contributed by atoms with Crippen molar-refractivity contribution in [2.75, 3.05) is 0 Å². The van der Waals surface area contributed by atoms with E-state index in [0.717, 1.165) is 23.4 Å². The lowest BCUT2D eigenvalue weighted by atomic mass is 10.0. The zero-order chi connectivity index (χ0) is 10.5. The lowest BCUT2D eigenvalue weighted by Gasteiger charge is -2.05. The van der Waals surface area contributed by atoms with Crippen LogP contribution in [-0.2, 0) is 10.2 Å². The summed E-state index contributed by atoms with van der Waals surface area (Å²) in [5.74, 6) is 0.265. The van der Waals surface area contributed by atoms with Crippen molar-refractivity contribution in [3.8, 4) is 0 Å². The first kappa shape index (κ1) is 9.04. The molecule has 3 rings (SSSR count). The maximum Gasteiger partial charge on any atom is 0.142 e. The van der Waals surface area contributed by atoms with Gasteiger partial charge in [-0.1, -0.05) is 12.1 Å². The van der Waals surface area contributed by atoms with Crippen molar-refractivity contribution in [1.82, 2.24) is 4.98 Å². The third-order valence-electron chi connectivity index (χ3n) is 3.13. The van der Waals surface area contributed by atoms with E-state index in [4.69, 9.17) is 0 Å². The van der Waals surface area contributed by atoms with Crippen LogP contribution in [0.25, 0.3) is 10.2 Å². The Morgan fingerprint density at radius 1 is 1.40 bits per heavy atom. The molecule has 3 heteroatoms. The van der Waals surface area contributed by atoms with Gasteiger partial charge in [-0.3, -0.25) is 4.79 Å². The van der Waals surface area contributed by atoms with Crippen LogP contribution in [0.3, 0.4) is 0 Å². The van der Waals surface area contributed by atoms with Crippen LogP contribution in [0.15, 0.2) is 24.3 Å². The van der Waals surface area contributed by atoms with Crippen LogP contribution in [0.2, 0.25) is 0 Å². The van der Waals surface area contributed by atoms with Gasteiger partial charge >= 0.3 is 0 Å². The van der Waals surface area contributed by atoms with Crippen LogP contribution in [0.5, 0.6) is 0 Å². The topological polar surface area (TPSA) is 30.0 Å². The molecule has 1 fully saturated rings. The summed E-state index contributed by atoms with van der Waals surface area (Å²) in [6.07, 6.45) is 1.95. The van der Waals surface area contributed by atoms with E-state index < -0.39 is 0 Å². The van der Waals surface area contributed by atoms with Gasteiger partial charge in [-0.15, -0.1) is 11.3 Å². The van der Waals surface area contributed by atoms with Gasteiger partial charge in [0.2, 0.25) is 0 Å². The van der Waals surface area contributed by atoms with Crippen molar-refractivity contribution in [2.45, 2.75) is 25.2 Å². The summed E-state index contributed by atoms with van der Waals surface area (Å²) >= 11 is 1.66. The number of aromatic nitrogens is 1. The summed E-state index contributed by atoms with van der Waals surface area (Å²) in [5, 5.41) is 1.01. The number of ketones is 1. The Morgan fingerprint density at radius 2 is 2.13 bits per heavy atom. The highest BCUT2D eigenvalue weighted by molar-refractivity contribution is 7.18. The molecule has 0 saturated heterocycles.